The molecule has 0 atom stereocenters. The van der Waals surface area contributed by atoms with Crippen molar-refractivity contribution < 1.29 is 76.7 Å². The highest BCUT2D eigenvalue weighted by molar-refractivity contribution is 6.34. The van der Waals surface area contributed by atoms with Crippen molar-refractivity contribution in [1.82, 2.24) is 0 Å². The molecule has 0 unspecified atom stereocenters. The van der Waals surface area contributed by atoms with E-state index in [0.29, 0.717) is 38.5 Å². The average molecular weight is 813 g/mol. The molecule has 284 valence electrons. The smallest absolute Gasteiger partial charge is 0.417 e. The number of hydrogen-bond acceptors (Lipinski definition) is 7. The van der Waals surface area contributed by atoms with Gasteiger partial charge in [0.2, 0.25) is 11.5 Å². The molecule has 53 heavy (non-hydrogen) atoms. The van der Waals surface area contributed by atoms with Gasteiger partial charge in [-0.25, -0.2) is 0 Å². The van der Waals surface area contributed by atoms with E-state index in [2.05, 4.69) is 0 Å². The number of nitro benzene ring substituents is 2. The van der Waals surface area contributed by atoms with Crippen LogP contribution in [0.25, 0.3) is 22.3 Å². The Hall–Kier alpha value is -5.18. The van der Waals surface area contributed by atoms with E-state index >= 15 is 0 Å². The van der Waals surface area contributed by atoms with E-state index in [1.54, 1.807) is 0 Å². The Morgan fingerprint density at radius 1 is 0.528 bits per heavy atom. The van der Waals surface area contributed by atoms with Crippen LogP contribution in [0.1, 0.15) is 22.3 Å². The van der Waals surface area contributed by atoms with Gasteiger partial charge >= 0.3 is 36.1 Å². The van der Waals surface area contributed by atoms with Gasteiger partial charge in [0, 0.05) is 33.3 Å². The minimum Gasteiger partial charge on any atom is -0.490 e. The zero-order valence-electron chi connectivity index (χ0n) is 25.7. The third-order valence-electron chi connectivity index (χ3n) is 7.16. The average Bonchev–Trinajstić information content (AvgIpc) is 3.01. The molecule has 0 spiro atoms. The molecule has 0 aliphatic carbocycles. The first kappa shape index (κ1) is 40.6. The first-order valence-corrected chi connectivity index (χ1v) is 14.3. The van der Waals surface area contributed by atoms with Crippen molar-refractivity contribution in [2.75, 3.05) is 14.2 Å². The predicted molar refractivity (Wildman–Crippen MR) is 160 cm³/mol. The topological polar surface area (TPSA) is 114 Å². The van der Waals surface area contributed by atoms with Gasteiger partial charge in [-0.3, -0.25) is 20.2 Å². The Labute approximate surface area is 296 Å². The first-order valence-electron chi connectivity index (χ1n) is 13.6. The second kappa shape index (κ2) is 14.0. The molecule has 4 rings (SSSR count). The lowest BCUT2D eigenvalue weighted by Gasteiger charge is -2.23. The molecule has 0 N–H and O–H groups in total. The molecule has 0 saturated carbocycles. The third kappa shape index (κ3) is 7.94. The summed E-state index contributed by atoms with van der Waals surface area (Å²) in [5.74, 6) is -4.43. The number of hydrogen-bond donors (Lipinski definition) is 0. The van der Waals surface area contributed by atoms with Gasteiger partial charge in [0.1, 0.15) is 11.5 Å². The Kier molecular flexibility index (Phi) is 10.7. The van der Waals surface area contributed by atoms with Crippen LogP contribution in [0, 0.1) is 20.2 Å². The maximum atomic E-state index is 14.4. The second-order valence-electron chi connectivity index (χ2n) is 10.4. The number of halogens is 14. The van der Waals surface area contributed by atoms with Crippen molar-refractivity contribution in [3.8, 4) is 45.3 Å². The number of nitro groups is 2. The molecular formula is C30H14Cl2F12N2O7. The summed E-state index contributed by atoms with van der Waals surface area (Å²) >= 11 is 12.0. The summed E-state index contributed by atoms with van der Waals surface area (Å²) in [4.78, 5) is 21.4. The summed E-state index contributed by atoms with van der Waals surface area (Å²) in [6.07, 6.45) is -22.3. The highest BCUT2D eigenvalue weighted by Gasteiger charge is 2.44. The van der Waals surface area contributed by atoms with Crippen LogP contribution in [-0.4, -0.2) is 24.1 Å². The first-order chi connectivity index (χ1) is 24.2. The fourth-order valence-corrected chi connectivity index (χ4v) is 5.69. The minimum atomic E-state index is -5.70. The standard InChI is InChI=1S/C30H14Cl2F12N2O7/c1-51-25-17(45(47)48)3-5-19(23(25)21-13(29(39,40)41)7-11(9-15(21)31)27(33,34)35)53-20-6-4-18(46(49)50)26(52-2)24(20)22-14(30(42,43)44)8-12(10-16(22)32)28(36,37)38/h3-10H,1-2H3. The lowest BCUT2D eigenvalue weighted by Crippen LogP contribution is -2.14. The van der Waals surface area contributed by atoms with Gasteiger partial charge in [-0.05, 0) is 36.4 Å². The van der Waals surface area contributed by atoms with E-state index in [4.69, 9.17) is 37.4 Å². The number of nitrogens with zero attached hydrogens (tertiary/aromatic N) is 2. The van der Waals surface area contributed by atoms with Crippen molar-refractivity contribution >= 4 is 34.6 Å². The van der Waals surface area contributed by atoms with E-state index in [0.717, 1.165) is 0 Å². The van der Waals surface area contributed by atoms with Gasteiger partial charge in [-0.2, -0.15) is 52.7 Å². The van der Waals surface area contributed by atoms with Crippen LogP contribution in [0.5, 0.6) is 23.0 Å². The van der Waals surface area contributed by atoms with Crippen LogP contribution in [0.2, 0.25) is 10.0 Å². The molecule has 0 aliphatic rings. The van der Waals surface area contributed by atoms with Crippen LogP contribution in [0.15, 0.2) is 48.5 Å². The zero-order chi connectivity index (χ0) is 40.2. The highest BCUT2D eigenvalue weighted by Crippen LogP contribution is 2.56. The van der Waals surface area contributed by atoms with Crippen molar-refractivity contribution in [3.63, 3.8) is 0 Å². The number of ether oxygens (including phenoxy) is 3. The molecule has 0 aliphatic heterocycles. The Morgan fingerprint density at radius 3 is 1.09 bits per heavy atom. The summed E-state index contributed by atoms with van der Waals surface area (Å²) in [5.41, 5.74) is -15.7. The normalized spacial score (nSPS) is 12.5. The Morgan fingerprint density at radius 2 is 0.849 bits per heavy atom. The van der Waals surface area contributed by atoms with E-state index in [1.165, 1.54) is 0 Å². The van der Waals surface area contributed by atoms with Crippen molar-refractivity contribution in [3.05, 3.63) is 101 Å². The molecule has 0 bridgehead atoms. The molecule has 4 aromatic rings. The summed E-state index contributed by atoms with van der Waals surface area (Å²) in [7, 11) is 1.36. The fourth-order valence-electron chi connectivity index (χ4n) is 5.07. The molecule has 0 saturated heterocycles. The lowest BCUT2D eigenvalue weighted by atomic mass is 9.93. The molecule has 9 nitrogen and oxygen atoms in total. The maximum Gasteiger partial charge on any atom is 0.417 e. The van der Waals surface area contributed by atoms with Gasteiger partial charge in [0.05, 0.1) is 57.4 Å². The lowest BCUT2D eigenvalue weighted by molar-refractivity contribution is -0.385. The van der Waals surface area contributed by atoms with Gasteiger partial charge in [0.25, 0.3) is 0 Å². The largest absolute Gasteiger partial charge is 0.490 e. The number of alkyl halides is 12. The van der Waals surface area contributed by atoms with Gasteiger partial charge < -0.3 is 14.2 Å². The summed E-state index contributed by atoms with van der Waals surface area (Å²) in [6, 6.07) is 1.37. The summed E-state index contributed by atoms with van der Waals surface area (Å²) in [6.45, 7) is 0. The summed E-state index contributed by atoms with van der Waals surface area (Å²) in [5, 5.41) is 21.1. The van der Waals surface area contributed by atoms with Crippen LogP contribution < -0.4 is 14.2 Å². The molecule has 0 aromatic heterocycles. The monoisotopic (exact) mass is 812 g/mol. The minimum absolute atomic E-state index is 0.0199. The second-order valence-corrected chi connectivity index (χ2v) is 11.2. The van der Waals surface area contributed by atoms with Crippen LogP contribution >= 0.6 is 23.2 Å². The van der Waals surface area contributed by atoms with Crippen LogP contribution in [0.3, 0.4) is 0 Å². The fraction of sp³-hybridized carbons (Fsp3) is 0.200. The molecule has 23 heteroatoms. The van der Waals surface area contributed by atoms with Gasteiger partial charge in [-0.1, -0.05) is 23.2 Å². The third-order valence-corrected chi connectivity index (χ3v) is 7.76. The van der Waals surface area contributed by atoms with Crippen molar-refractivity contribution in [1.29, 1.82) is 0 Å². The molecule has 0 heterocycles. The Balaban J connectivity index is 2.23. The predicted octanol–water partition coefficient (Wildman–Crippen LogP) is 12.0. The van der Waals surface area contributed by atoms with Crippen molar-refractivity contribution in [2.45, 2.75) is 24.7 Å². The van der Waals surface area contributed by atoms with E-state index < -0.39 is 136 Å². The van der Waals surface area contributed by atoms with Gasteiger partial charge in [-0.15, -0.1) is 0 Å². The molecule has 0 fully saturated rings. The van der Waals surface area contributed by atoms with E-state index in [1.807, 2.05) is 0 Å². The van der Waals surface area contributed by atoms with Crippen molar-refractivity contribution in [2.24, 2.45) is 0 Å². The SMILES string of the molecule is COc1c([N+](=O)[O-])ccc(Oc2ccc([N+](=O)[O-])c(OC)c2-c2c(Cl)cc(C(F)(F)F)cc2C(F)(F)F)c1-c1c(Cl)cc(C(F)(F)F)cc1C(F)(F)F. The van der Waals surface area contributed by atoms with E-state index in [9.17, 15) is 72.9 Å². The summed E-state index contributed by atoms with van der Waals surface area (Å²) < 4.78 is 184. The molecule has 0 amide bonds. The number of rotatable bonds is 8. The maximum absolute atomic E-state index is 14.4. The molecule has 0 radical (unpaired) electrons. The van der Waals surface area contributed by atoms with Crippen LogP contribution in [-0.2, 0) is 24.7 Å². The Bertz CT molecular complexity index is 1980. The number of methoxy groups -OCH3 is 2. The number of benzene rings is 4. The molecular weight excluding hydrogens is 799 g/mol. The van der Waals surface area contributed by atoms with Crippen LogP contribution in [0.4, 0.5) is 64.1 Å². The van der Waals surface area contributed by atoms with Gasteiger partial charge in [0.15, 0.2) is 0 Å². The highest BCUT2D eigenvalue weighted by atomic mass is 35.5. The quantitative estimate of drug-likeness (QED) is 0.0988. The van der Waals surface area contributed by atoms with E-state index in [-0.39, 0.29) is 12.1 Å². The molecule has 4 aromatic carbocycles. The zero-order valence-corrected chi connectivity index (χ0v) is 27.2.